The van der Waals surface area contributed by atoms with Crippen molar-refractivity contribution in [3.8, 4) is 0 Å². The molecule has 2 rings (SSSR count). The van der Waals surface area contributed by atoms with Gasteiger partial charge in [0.15, 0.2) is 5.96 Å². The van der Waals surface area contributed by atoms with Crippen LogP contribution in [0.1, 0.15) is 47.0 Å². The molecule has 1 N–H and O–H groups in total. The van der Waals surface area contributed by atoms with Crippen LogP contribution in [0.3, 0.4) is 0 Å². The van der Waals surface area contributed by atoms with Gasteiger partial charge in [-0.2, -0.15) is 0 Å². The summed E-state index contributed by atoms with van der Waals surface area (Å²) in [5.74, 6) is 1.90. The summed E-state index contributed by atoms with van der Waals surface area (Å²) < 4.78 is 11.0. The van der Waals surface area contributed by atoms with E-state index in [9.17, 15) is 4.79 Å². The summed E-state index contributed by atoms with van der Waals surface area (Å²) in [4.78, 5) is 21.2. The van der Waals surface area contributed by atoms with Crippen molar-refractivity contribution < 1.29 is 14.3 Å². The van der Waals surface area contributed by atoms with Gasteiger partial charge in [0.05, 0.1) is 6.61 Å². The van der Waals surface area contributed by atoms with E-state index >= 15 is 0 Å². The Kier molecular flexibility index (Phi) is 10.9. The molecule has 8 heteroatoms. The average molecular weight is 510 g/mol. The highest BCUT2D eigenvalue weighted by atomic mass is 127. The van der Waals surface area contributed by atoms with E-state index in [0.717, 1.165) is 71.2 Å². The smallest absolute Gasteiger partial charge is 0.410 e. The average Bonchev–Trinajstić information content (AvgIpc) is 3.10. The number of ether oxygens (including phenoxy) is 2. The molecule has 0 saturated carbocycles. The summed E-state index contributed by atoms with van der Waals surface area (Å²) in [6, 6.07) is 0. The Balaban J connectivity index is 0.00000392. The Bertz CT molecular complexity index is 504. The molecule has 0 aromatic rings. The van der Waals surface area contributed by atoms with Gasteiger partial charge in [-0.25, -0.2) is 4.79 Å². The fourth-order valence-corrected chi connectivity index (χ4v) is 3.59. The zero-order valence-electron chi connectivity index (χ0n) is 18.2. The van der Waals surface area contributed by atoms with Crippen molar-refractivity contribution in [2.24, 2.45) is 16.8 Å². The van der Waals surface area contributed by atoms with Crippen LogP contribution in [0, 0.1) is 11.8 Å². The molecule has 164 valence electrons. The molecule has 2 atom stereocenters. The molecule has 0 radical (unpaired) electrons. The van der Waals surface area contributed by atoms with Crippen molar-refractivity contribution in [2.75, 3.05) is 53.0 Å². The lowest BCUT2D eigenvalue weighted by atomic mass is 9.98. The molecule has 28 heavy (non-hydrogen) atoms. The maximum Gasteiger partial charge on any atom is 0.410 e. The number of nitrogens with one attached hydrogen (secondary N) is 1. The molecule has 1 amide bonds. The predicted octanol–water partition coefficient (Wildman–Crippen LogP) is 3.19. The van der Waals surface area contributed by atoms with Gasteiger partial charge in [0.25, 0.3) is 0 Å². The van der Waals surface area contributed by atoms with Gasteiger partial charge in [-0.05, 0) is 52.9 Å². The number of aliphatic imine (C=N–C) groups is 1. The normalized spacial score (nSPS) is 23.2. The fourth-order valence-electron chi connectivity index (χ4n) is 3.59. The molecule has 0 aromatic carbocycles. The van der Waals surface area contributed by atoms with E-state index in [-0.39, 0.29) is 30.1 Å². The number of hydrogen-bond donors (Lipinski definition) is 1. The molecule has 0 aliphatic carbocycles. The van der Waals surface area contributed by atoms with Crippen LogP contribution >= 0.6 is 24.0 Å². The van der Waals surface area contributed by atoms with E-state index in [1.165, 1.54) is 0 Å². The summed E-state index contributed by atoms with van der Waals surface area (Å²) in [7, 11) is 2.09. The highest BCUT2D eigenvalue weighted by Crippen LogP contribution is 2.20. The summed E-state index contributed by atoms with van der Waals surface area (Å²) in [5, 5.41) is 3.39. The van der Waals surface area contributed by atoms with Crippen LogP contribution in [0.25, 0.3) is 0 Å². The van der Waals surface area contributed by atoms with Gasteiger partial charge in [0, 0.05) is 52.3 Å². The topological polar surface area (TPSA) is 66.4 Å². The van der Waals surface area contributed by atoms with Crippen LogP contribution in [0.2, 0.25) is 0 Å². The molecule has 2 heterocycles. The van der Waals surface area contributed by atoms with Crippen LogP contribution in [-0.2, 0) is 9.47 Å². The van der Waals surface area contributed by atoms with Crippen LogP contribution in [-0.4, -0.2) is 80.4 Å². The number of guanidine groups is 1. The molecule has 0 bridgehead atoms. The lowest BCUT2D eigenvalue weighted by molar-refractivity contribution is 0.0170. The number of carbonyl (C=O) groups is 1. The number of hydrogen-bond acceptors (Lipinski definition) is 4. The van der Waals surface area contributed by atoms with Crippen molar-refractivity contribution in [1.29, 1.82) is 0 Å². The zero-order valence-corrected chi connectivity index (χ0v) is 20.5. The second-order valence-corrected chi connectivity index (χ2v) is 8.74. The van der Waals surface area contributed by atoms with Crippen molar-refractivity contribution in [1.82, 2.24) is 15.1 Å². The minimum atomic E-state index is -0.451. The molecule has 0 aromatic heterocycles. The minimum absolute atomic E-state index is 0. The van der Waals surface area contributed by atoms with Gasteiger partial charge >= 0.3 is 6.09 Å². The first-order valence-corrected chi connectivity index (χ1v) is 10.3. The van der Waals surface area contributed by atoms with E-state index in [1.807, 2.05) is 25.7 Å². The first-order valence-electron chi connectivity index (χ1n) is 10.3. The van der Waals surface area contributed by atoms with Gasteiger partial charge in [-0.15, -0.1) is 24.0 Å². The molecule has 2 unspecified atom stereocenters. The molecular formula is C20H39IN4O3. The van der Waals surface area contributed by atoms with Crippen molar-refractivity contribution in [3.05, 3.63) is 0 Å². The summed E-state index contributed by atoms with van der Waals surface area (Å²) in [5.41, 5.74) is -0.451. The summed E-state index contributed by atoms with van der Waals surface area (Å²) in [6.07, 6.45) is 3.02. The Morgan fingerprint density at radius 1 is 1.32 bits per heavy atom. The van der Waals surface area contributed by atoms with E-state index in [2.05, 4.69) is 24.2 Å². The zero-order chi connectivity index (χ0) is 19.9. The third-order valence-corrected chi connectivity index (χ3v) is 4.92. The summed E-state index contributed by atoms with van der Waals surface area (Å²) >= 11 is 0. The van der Waals surface area contributed by atoms with Gasteiger partial charge in [-0.1, -0.05) is 0 Å². The highest BCUT2D eigenvalue weighted by Gasteiger charge is 2.27. The van der Waals surface area contributed by atoms with Crippen LogP contribution in [0.5, 0.6) is 0 Å². The second-order valence-electron chi connectivity index (χ2n) is 8.74. The fraction of sp³-hybridized carbons (Fsp3) is 0.900. The van der Waals surface area contributed by atoms with Crippen molar-refractivity contribution in [3.63, 3.8) is 0 Å². The Morgan fingerprint density at radius 2 is 2.07 bits per heavy atom. The monoisotopic (exact) mass is 510 g/mol. The molecule has 2 saturated heterocycles. The minimum Gasteiger partial charge on any atom is -0.444 e. The third kappa shape index (κ3) is 8.71. The van der Waals surface area contributed by atoms with E-state index in [1.54, 1.807) is 0 Å². The number of amides is 1. The van der Waals surface area contributed by atoms with Gasteiger partial charge in [0.2, 0.25) is 0 Å². The lowest BCUT2D eigenvalue weighted by Crippen LogP contribution is -2.44. The number of nitrogens with zero attached hydrogens (tertiary/aromatic N) is 3. The third-order valence-electron chi connectivity index (χ3n) is 4.92. The molecule has 0 spiro atoms. The molecular weight excluding hydrogens is 471 g/mol. The second kappa shape index (κ2) is 12.0. The molecule has 2 aliphatic heterocycles. The molecule has 2 fully saturated rings. The van der Waals surface area contributed by atoms with Gasteiger partial charge < -0.3 is 24.6 Å². The van der Waals surface area contributed by atoms with Crippen molar-refractivity contribution in [2.45, 2.75) is 52.6 Å². The van der Waals surface area contributed by atoms with Gasteiger partial charge in [0.1, 0.15) is 5.60 Å². The van der Waals surface area contributed by atoms with E-state index in [4.69, 9.17) is 14.5 Å². The Hall–Kier alpha value is -0.770. The largest absolute Gasteiger partial charge is 0.444 e. The van der Waals surface area contributed by atoms with Gasteiger partial charge in [-0.3, -0.25) is 4.99 Å². The van der Waals surface area contributed by atoms with E-state index < -0.39 is 5.60 Å². The number of likely N-dealkylation sites (tertiary alicyclic amines) is 1. The highest BCUT2D eigenvalue weighted by molar-refractivity contribution is 14.0. The summed E-state index contributed by atoms with van der Waals surface area (Å²) in [6.45, 7) is 13.6. The quantitative estimate of drug-likeness (QED) is 0.350. The Labute approximate surface area is 187 Å². The lowest BCUT2D eigenvalue weighted by Gasteiger charge is -2.34. The van der Waals surface area contributed by atoms with Crippen LogP contribution in [0.4, 0.5) is 4.79 Å². The maximum atomic E-state index is 12.3. The first-order chi connectivity index (χ1) is 12.8. The SMILES string of the molecule is CCNC(=NCC1CCCN(C(=O)OC(C)(C)C)C1)N(C)CC1CCOC1.I. The predicted molar refractivity (Wildman–Crippen MR) is 123 cm³/mol. The number of piperidine rings is 1. The van der Waals surface area contributed by atoms with Crippen LogP contribution in [0.15, 0.2) is 4.99 Å². The number of carbonyl (C=O) groups excluding carboxylic acids is 1. The Morgan fingerprint density at radius 3 is 2.68 bits per heavy atom. The first kappa shape index (κ1) is 25.3. The number of rotatable bonds is 5. The molecule has 7 nitrogen and oxygen atoms in total. The standard InChI is InChI=1S/C20H38N4O3.HI/c1-6-21-18(23(5)13-17-9-11-26-15-17)22-12-16-8-7-10-24(14-16)19(25)27-20(2,3)4;/h16-17H,6-15H2,1-5H3,(H,21,22);1H. The molecule has 2 aliphatic rings. The maximum absolute atomic E-state index is 12.3. The number of halogens is 1. The van der Waals surface area contributed by atoms with E-state index in [0.29, 0.717) is 11.8 Å². The van der Waals surface area contributed by atoms with Crippen molar-refractivity contribution >= 4 is 36.0 Å². The van der Waals surface area contributed by atoms with Crippen LogP contribution < -0.4 is 5.32 Å².